The Hall–Kier alpha value is -4.17. The largest absolute Gasteiger partial charge is 0.323 e. The first-order chi connectivity index (χ1) is 17.0. The molecule has 1 atom stereocenters. The molecular weight excluding hydrogens is 438 g/mol. The highest BCUT2D eigenvalue weighted by Gasteiger charge is 2.21. The van der Waals surface area contributed by atoms with Gasteiger partial charge in [0.05, 0.1) is 22.6 Å². The standard InChI is InChI=1S/C27H27N7O/c1-18-25(33-27-29-12-9-24(32-27)20-4-3-11-28-15-20)14-22(16-30-18)26(35)31-23-7-5-19(6-8-23)21-10-13-34(2)17-21/h3-9,11-12,14-16,21H,10,13,17H2,1-2H3,(H,31,35)(H,29,32,33). The molecule has 0 bridgehead atoms. The van der Waals surface area contributed by atoms with Crippen molar-refractivity contribution < 1.29 is 4.79 Å². The van der Waals surface area contributed by atoms with Crippen molar-refractivity contribution in [3.63, 3.8) is 0 Å². The van der Waals surface area contributed by atoms with E-state index in [1.807, 2.05) is 37.3 Å². The van der Waals surface area contributed by atoms with Crippen molar-refractivity contribution in [1.82, 2.24) is 24.8 Å². The number of likely N-dealkylation sites (N-methyl/N-ethyl adjacent to an activating group) is 1. The van der Waals surface area contributed by atoms with Crippen molar-refractivity contribution in [2.75, 3.05) is 30.8 Å². The summed E-state index contributed by atoms with van der Waals surface area (Å²) in [5.74, 6) is 0.749. The fourth-order valence-electron chi connectivity index (χ4n) is 4.25. The topological polar surface area (TPSA) is 95.9 Å². The van der Waals surface area contributed by atoms with Crippen LogP contribution < -0.4 is 10.6 Å². The number of hydrogen-bond acceptors (Lipinski definition) is 7. The molecule has 0 radical (unpaired) electrons. The summed E-state index contributed by atoms with van der Waals surface area (Å²) < 4.78 is 0. The average Bonchev–Trinajstić information content (AvgIpc) is 3.32. The van der Waals surface area contributed by atoms with Gasteiger partial charge in [0.15, 0.2) is 0 Å². The molecule has 4 aromatic rings. The molecular formula is C27H27N7O. The van der Waals surface area contributed by atoms with Gasteiger partial charge in [-0.05, 0) is 74.8 Å². The van der Waals surface area contributed by atoms with Gasteiger partial charge in [0.2, 0.25) is 5.95 Å². The first-order valence-corrected chi connectivity index (χ1v) is 11.6. The fraction of sp³-hybridized carbons (Fsp3) is 0.222. The zero-order chi connectivity index (χ0) is 24.2. The third-order valence-corrected chi connectivity index (χ3v) is 6.24. The highest BCUT2D eigenvalue weighted by molar-refractivity contribution is 6.04. The predicted octanol–water partition coefficient (Wildman–Crippen LogP) is 4.66. The summed E-state index contributed by atoms with van der Waals surface area (Å²) in [5.41, 5.74) is 5.57. The quantitative estimate of drug-likeness (QED) is 0.428. The highest BCUT2D eigenvalue weighted by Crippen LogP contribution is 2.27. The number of nitrogens with one attached hydrogen (secondary N) is 2. The number of carbonyl (C=O) groups is 1. The van der Waals surface area contributed by atoms with E-state index in [1.165, 1.54) is 12.0 Å². The Labute approximate surface area is 204 Å². The second-order valence-corrected chi connectivity index (χ2v) is 8.81. The van der Waals surface area contributed by atoms with Gasteiger partial charge in [-0.3, -0.25) is 14.8 Å². The van der Waals surface area contributed by atoms with Crippen LogP contribution in [0.25, 0.3) is 11.3 Å². The lowest BCUT2D eigenvalue weighted by Crippen LogP contribution is -2.14. The van der Waals surface area contributed by atoms with Crippen LogP contribution in [0.4, 0.5) is 17.3 Å². The van der Waals surface area contributed by atoms with E-state index < -0.39 is 0 Å². The van der Waals surface area contributed by atoms with E-state index in [0.717, 1.165) is 35.7 Å². The third kappa shape index (κ3) is 5.33. The second kappa shape index (κ2) is 9.99. The zero-order valence-corrected chi connectivity index (χ0v) is 19.8. The summed E-state index contributed by atoms with van der Waals surface area (Å²) in [6.45, 7) is 4.07. The summed E-state index contributed by atoms with van der Waals surface area (Å²) in [6.07, 6.45) is 7.90. The number of benzene rings is 1. The molecule has 1 amide bonds. The Kier molecular flexibility index (Phi) is 6.45. The molecule has 4 heterocycles. The first kappa shape index (κ1) is 22.6. The van der Waals surface area contributed by atoms with Crippen LogP contribution in [0.15, 0.2) is 73.3 Å². The number of aryl methyl sites for hydroxylation is 1. The maximum atomic E-state index is 12.9. The molecule has 0 aliphatic carbocycles. The van der Waals surface area contributed by atoms with E-state index in [0.29, 0.717) is 23.1 Å². The molecule has 35 heavy (non-hydrogen) atoms. The Bertz CT molecular complexity index is 1330. The molecule has 8 nitrogen and oxygen atoms in total. The Morgan fingerprint density at radius 3 is 2.66 bits per heavy atom. The number of pyridine rings is 2. The summed E-state index contributed by atoms with van der Waals surface area (Å²) in [7, 11) is 2.15. The van der Waals surface area contributed by atoms with Crippen molar-refractivity contribution in [3.8, 4) is 11.3 Å². The summed E-state index contributed by atoms with van der Waals surface area (Å²) in [6, 6.07) is 15.5. The minimum Gasteiger partial charge on any atom is -0.323 e. The molecule has 1 saturated heterocycles. The number of rotatable bonds is 6. The van der Waals surface area contributed by atoms with Gasteiger partial charge in [0, 0.05) is 42.6 Å². The molecule has 8 heteroatoms. The van der Waals surface area contributed by atoms with Crippen molar-refractivity contribution in [2.24, 2.45) is 0 Å². The average molecular weight is 466 g/mol. The number of hydrogen-bond donors (Lipinski definition) is 2. The van der Waals surface area contributed by atoms with Gasteiger partial charge in [-0.1, -0.05) is 12.1 Å². The van der Waals surface area contributed by atoms with E-state index in [9.17, 15) is 4.79 Å². The molecule has 1 aromatic carbocycles. The van der Waals surface area contributed by atoms with Crippen LogP contribution in [0.1, 0.15) is 34.0 Å². The molecule has 0 spiro atoms. The van der Waals surface area contributed by atoms with Gasteiger partial charge < -0.3 is 15.5 Å². The SMILES string of the molecule is Cc1ncc(C(=O)Nc2ccc(C3CCN(C)C3)cc2)cc1Nc1nccc(-c2cccnc2)n1. The van der Waals surface area contributed by atoms with Crippen molar-refractivity contribution in [2.45, 2.75) is 19.3 Å². The van der Waals surface area contributed by atoms with Crippen LogP contribution in [0, 0.1) is 6.92 Å². The Morgan fingerprint density at radius 2 is 1.91 bits per heavy atom. The number of carbonyl (C=O) groups excluding carboxylic acids is 1. The normalized spacial score (nSPS) is 15.7. The van der Waals surface area contributed by atoms with Gasteiger partial charge in [-0.25, -0.2) is 9.97 Å². The summed E-state index contributed by atoms with van der Waals surface area (Å²) in [5, 5.41) is 6.17. The van der Waals surface area contributed by atoms with Crippen LogP contribution in [0.5, 0.6) is 0 Å². The van der Waals surface area contributed by atoms with E-state index in [-0.39, 0.29) is 5.91 Å². The maximum absolute atomic E-state index is 12.9. The molecule has 2 N–H and O–H groups in total. The first-order valence-electron chi connectivity index (χ1n) is 11.6. The van der Waals surface area contributed by atoms with Crippen molar-refractivity contribution >= 4 is 23.2 Å². The van der Waals surface area contributed by atoms with Gasteiger partial charge in [-0.15, -0.1) is 0 Å². The van der Waals surface area contributed by atoms with Crippen LogP contribution in [0.3, 0.4) is 0 Å². The third-order valence-electron chi connectivity index (χ3n) is 6.24. The lowest BCUT2D eigenvalue weighted by Gasteiger charge is -2.13. The van der Waals surface area contributed by atoms with Gasteiger partial charge in [0.1, 0.15) is 0 Å². The fourth-order valence-corrected chi connectivity index (χ4v) is 4.25. The van der Waals surface area contributed by atoms with E-state index in [4.69, 9.17) is 0 Å². The molecule has 1 aliphatic heterocycles. The van der Waals surface area contributed by atoms with E-state index in [2.05, 4.69) is 54.6 Å². The summed E-state index contributed by atoms with van der Waals surface area (Å²) >= 11 is 0. The number of aromatic nitrogens is 4. The molecule has 3 aromatic heterocycles. The van der Waals surface area contributed by atoms with Crippen LogP contribution in [-0.4, -0.2) is 50.9 Å². The smallest absolute Gasteiger partial charge is 0.257 e. The van der Waals surface area contributed by atoms with Crippen LogP contribution in [0.2, 0.25) is 0 Å². The Balaban J connectivity index is 1.29. The zero-order valence-electron chi connectivity index (χ0n) is 19.8. The molecule has 0 saturated carbocycles. The monoisotopic (exact) mass is 465 g/mol. The van der Waals surface area contributed by atoms with Crippen molar-refractivity contribution in [1.29, 1.82) is 0 Å². The van der Waals surface area contributed by atoms with E-state index >= 15 is 0 Å². The van der Waals surface area contributed by atoms with Crippen LogP contribution >= 0.6 is 0 Å². The number of anilines is 3. The molecule has 176 valence electrons. The molecule has 5 rings (SSSR count). The lowest BCUT2D eigenvalue weighted by molar-refractivity contribution is 0.102. The lowest BCUT2D eigenvalue weighted by atomic mass is 9.98. The van der Waals surface area contributed by atoms with Gasteiger partial charge in [0.25, 0.3) is 5.91 Å². The maximum Gasteiger partial charge on any atom is 0.257 e. The molecule has 1 aliphatic rings. The number of amides is 1. The van der Waals surface area contributed by atoms with Crippen molar-refractivity contribution in [3.05, 3.63) is 90.1 Å². The number of likely N-dealkylation sites (tertiary alicyclic amines) is 1. The summed E-state index contributed by atoms with van der Waals surface area (Å²) in [4.78, 5) is 32.7. The molecule has 1 unspecified atom stereocenters. The minimum absolute atomic E-state index is 0.223. The minimum atomic E-state index is -0.223. The Morgan fingerprint density at radius 1 is 1.06 bits per heavy atom. The van der Waals surface area contributed by atoms with Gasteiger partial charge >= 0.3 is 0 Å². The van der Waals surface area contributed by atoms with E-state index in [1.54, 1.807) is 30.9 Å². The van der Waals surface area contributed by atoms with Gasteiger partial charge in [-0.2, -0.15) is 0 Å². The highest BCUT2D eigenvalue weighted by atomic mass is 16.1. The number of nitrogens with zero attached hydrogens (tertiary/aromatic N) is 5. The van der Waals surface area contributed by atoms with Crippen LogP contribution in [-0.2, 0) is 0 Å². The second-order valence-electron chi connectivity index (χ2n) is 8.81. The molecule has 1 fully saturated rings. The predicted molar refractivity (Wildman–Crippen MR) is 137 cm³/mol.